The molecule has 8 nitrogen and oxygen atoms in total. The third-order valence-corrected chi connectivity index (χ3v) is 2.59. The van der Waals surface area contributed by atoms with Crippen molar-refractivity contribution in [3.8, 4) is 17.4 Å². The Morgan fingerprint density at radius 3 is 2.89 bits per heavy atom. The molecule has 8 heteroatoms. The Kier molecular flexibility index (Phi) is 2.15. The molecule has 0 aromatic carbocycles. The van der Waals surface area contributed by atoms with Crippen molar-refractivity contribution in [2.45, 2.75) is 0 Å². The topological polar surface area (TPSA) is 90.1 Å². The molecule has 0 saturated heterocycles. The van der Waals surface area contributed by atoms with Crippen LogP contribution in [0.2, 0.25) is 0 Å². The number of aromatic nitrogens is 6. The Balaban J connectivity index is 2.27. The van der Waals surface area contributed by atoms with Crippen LogP contribution in [0.4, 0.5) is 0 Å². The van der Waals surface area contributed by atoms with E-state index in [-0.39, 0.29) is 17.3 Å². The number of methoxy groups -OCH3 is 1. The van der Waals surface area contributed by atoms with Gasteiger partial charge in [0.15, 0.2) is 0 Å². The Morgan fingerprint density at radius 2 is 2.22 bits per heavy atom. The van der Waals surface area contributed by atoms with Crippen LogP contribution in [0.15, 0.2) is 23.1 Å². The van der Waals surface area contributed by atoms with Gasteiger partial charge in [-0.3, -0.25) is 9.48 Å². The first-order valence-corrected chi connectivity index (χ1v) is 5.21. The van der Waals surface area contributed by atoms with Crippen LogP contribution in [-0.2, 0) is 7.05 Å². The number of fused-ring (bicyclic) bond motifs is 1. The van der Waals surface area contributed by atoms with E-state index in [0.717, 1.165) is 5.69 Å². The molecule has 3 aromatic heterocycles. The summed E-state index contributed by atoms with van der Waals surface area (Å²) in [4.78, 5) is 20.2. The minimum atomic E-state index is -0.257. The Morgan fingerprint density at radius 1 is 1.39 bits per heavy atom. The lowest BCUT2D eigenvalue weighted by Gasteiger charge is -2.00. The second-order valence-corrected chi connectivity index (χ2v) is 3.69. The highest BCUT2D eigenvalue weighted by atomic mass is 16.5. The standard InChI is InChI=1S/C10H10N6O2/c1-15-7(3-4-11-15)6-5-8(17)16-9(12-6)13-10(14-16)18-2/h3-5H,1-2H3,(H,12,13,14). The maximum Gasteiger partial charge on any atom is 0.312 e. The molecule has 3 aromatic rings. The van der Waals surface area contributed by atoms with Crippen molar-refractivity contribution < 1.29 is 4.74 Å². The molecule has 0 unspecified atom stereocenters. The summed E-state index contributed by atoms with van der Waals surface area (Å²) in [5.41, 5.74) is 1.01. The van der Waals surface area contributed by atoms with E-state index in [1.807, 2.05) is 0 Å². The molecular weight excluding hydrogens is 236 g/mol. The number of ether oxygens (including phenoxy) is 1. The van der Waals surface area contributed by atoms with Crippen molar-refractivity contribution in [1.29, 1.82) is 0 Å². The van der Waals surface area contributed by atoms with Gasteiger partial charge in [0.05, 0.1) is 18.5 Å². The second-order valence-electron chi connectivity index (χ2n) is 3.69. The molecular formula is C10H10N6O2. The predicted octanol–water partition coefficient (Wildman–Crippen LogP) is -0.173. The molecule has 0 aliphatic heterocycles. The van der Waals surface area contributed by atoms with Crippen LogP contribution in [0.1, 0.15) is 0 Å². The summed E-state index contributed by atoms with van der Waals surface area (Å²) in [6.45, 7) is 0. The first-order valence-electron chi connectivity index (χ1n) is 5.21. The molecule has 0 radical (unpaired) electrons. The van der Waals surface area contributed by atoms with E-state index in [0.29, 0.717) is 5.69 Å². The fourth-order valence-corrected chi connectivity index (χ4v) is 1.71. The molecule has 3 heterocycles. The maximum absolute atomic E-state index is 11.9. The number of nitrogens with zero attached hydrogens (tertiary/aromatic N) is 5. The Labute approximate surface area is 101 Å². The van der Waals surface area contributed by atoms with Crippen LogP contribution in [0, 0.1) is 0 Å². The number of rotatable bonds is 2. The van der Waals surface area contributed by atoms with Crippen molar-refractivity contribution in [1.82, 2.24) is 29.4 Å². The van der Waals surface area contributed by atoms with Crippen LogP contribution in [0.25, 0.3) is 17.2 Å². The minimum absolute atomic E-state index is 0.238. The molecule has 0 aliphatic rings. The number of nitrogens with one attached hydrogen (secondary N) is 1. The summed E-state index contributed by atoms with van der Waals surface area (Å²) in [6, 6.07) is 3.44. The summed E-state index contributed by atoms with van der Waals surface area (Å²) in [6.07, 6.45) is 1.64. The van der Waals surface area contributed by atoms with Crippen molar-refractivity contribution >= 4 is 5.78 Å². The third kappa shape index (κ3) is 1.46. The van der Waals surface area contributed by atoms with Crippen LogP contribution >= 0.6 is 0 Å². The molecule has 0 spiro atoms. The van der Waals surface area contributed by atoms with Gasteiger partial charge >= 0.3 is 6.01 Å². The van der Waals surface area contributed by atoms with Gasteiger partial charge in [-0.1, -0.05) is 0 Å². The van der Waals surface area contributed by atoms with Gasteiger partial charge in [0.25, 0.3) is 11.3 Å². The fourth-order valence-electron chi connectivity index (χ4n) is 1.71. The monoisotopic (exact) mass is 246 g/mol. The summed E-state index contributed by atoms with van der Waals surface area (Å²) in [5.74, 6) is 0.260. The van der Waals surface area contributed by atoms with Crippen molar-refractivity contribution in [3.63, 3.8) is 0 Å². The minimum Gasteiger partial charge on any atom is -0.467 e. The number of aromatic amines is 1. The molecule has 92 valence electrons. The largest absolute Gasteiger partial charge is 0.467 e. The highest BCUT2D eigenvalue weighted by Gasteiger charge is 2.11. The van der Waals surface area contributed by atoms with Crippen LogP contribution in [-0.4, -0.2) is 36.5 Å². The maximum atomic E-state index is 11.9. The highest BCUT2D eigenvalue weighted by molar-refractivity contribution is 5.55. The van der Waals surface area contributed by atoms with Crippen molar-refractivity contribution in [3.05, 3.63) is 28.7 Å². The smallest absolute Gasteiger partial charge is 0.312 e. The van der Waals surface area contributed by atoms with Gasteiger partial charge in [0.2, 0.25) is 0 Å². The molecule has 18 heavy (non-hydrogen) atoms. The van der Waals surface area contributed by atoms with E-state index in [2.05, 4.69) is 20.2 Å². The summed E-state index contributed by atoms with van der Waals surface area (Å²) < 4.78 is 7.79. The van der Waals surface area contributed by atoms with Crippen LogP contribution < -0.4 is 10.3 Å². The molecule has 0 saturated carbocycles. The van der Waals surface area contributed by atoms with Gasteiger partial charge in [-0.25, -0.2) is 10.1 Å². The predicted molar refractivity (Wildman–Crippen MR) is 62.4 cm³/mol. The van der Waals surface area contributed by atoms with E-state index in [1.165, 1.54) is 17.7 Å². The molecule has 0 bridgehead atoms. The van der Waals surface area contributed by atoms with E-state index < -0.39 is 0 Å². The van der Waals surface area contributed by atoms with Crippen LogP contribution in [0.5, 0.6) is 6.01 Å². The van der Waals surface area contributed by atoms with Gasteiger partial charge in [-0.15, -0.1) is 0 Å². The fraction of sp³-hybridized carbons (Fsp3) is 0.200. The number of hydrogen-bond donors (Lipinski definition) is 1. The van der Waals surface area contributed by atoms with E-state index in [1.54, 1.807) is 24.0 Å². The van der Waals surface area contributed by atoms with Gasteiger partial charge < -0.3 is 4.74 Å². The second kappa shape index (κ2) is 3.69. The molecule has 0 atom stereocenters. The zero-order valence-corrected chi connectivity index (χ0v) is 9.78. The van der Waals surface area contributed by atoms with E-state index in [9.17, 15) is 4.79 Å². The average Bonchev–Trinajstić information content (AvgIpc) is 2.94. The van der Waals surface area contributed by atoms with E-state index >= 15 is 0 Å². The van der Waals surface area contributed by atoms with Gasteiger partial charge in [0.1, 0.15) is 0 Å². The molecule has 0 fully saturated rings. The normalized spacial score (nSPS) is 11.0. The molecule has 1 N–H and O–H groups in total. The summed E-state index contributed by atoms with van der Waals surface area (Å²) in [7, 11) is 3.24. The Hall–Kier alpha value is -2.64. The molecule has 0 amide bonds. The summed E-state index contributed by atoms with van der Waals surface area (Å²) in [5, 5.41) is 6.73. The number of hydrogen-bond acceptors (Lipinski definition) is 5. The zero-order chi connectivity index (χ0) is 12.7. The number of aryl methyl sites for hydroxylation is 1. The average molecular weight is 246 g/mol. The molecule has 3 rings (SSSR count). The third-order valence-electron chi connectivity index (χ3n) is 2.59. The quantitative estimate of drug-likeness (QED) is 0.677. The Bertz CT molecular complexity index is 768. The highest BCUT2D eigenvalue weighted by Crippen LogP contribution is 2.14. The first-order chi connectivity index (χ1) is 8.69. The molecule has 0 aliphatic carbocycles. The van der Waals surface area contributed by atoms with Gasteiger partial charge in [0, 0.05) is 19.3 Å². The summed E-state index contributed by atoms with van der Waals surface area (Å²) >= 11 is 0. The lowest BCUT2D eigenvalue weighted by atomic mass is 10.3. The van der Waals surface area contributed by atoms with Gasteiger partial charge in [-0.05, 0) is 6.07 Å². The van der Waals surface area contributed by atoms with Crippen molar-refractivity contribution in [2.24, 2.45) is 7.05 Å². The van der Waals surface area contributed by atoms with Crippen LogP contribution in [0.3, 0.4) is 0 Å². The lowest BCUT2D eigenvalue weighted by Crippen LogP contribution is -2.15. The SMILES string of the molecule is COc1nc2nc(-c3ccnn3C)cc(=O)n2[nH]1. The zero-order valence-electron chi connectivity index (χ0n) is 9.78. The van der Waals surface area contributed by atoms with Gasteiger partial charge in [-0.2, -0.15) is 14.6 Å². The van der Waals surface area contributed by atoms with Crippen molar-refractivity contribution in [2.75, 3.05) is 7.11 Å². The number of H-pyrrole nitrogens is 1. The first kappa shape index (κ1) is 10.5. The lowest BCUT2D eigenvalue weighted by molar-refractivity contribution is 0.380. The van der Waals surface area contributed by atoms with E-state index in [4.69, 9.17) is 4.74 Å².